The molecule has 1 aliphatic rings. The summed E-state index contributed by atoms with van der Waals surface area (Å²) in [5, 5.41) is 11.2. The molecular formula is C17H23N3. The van der Waals surface area contributed by atoms with Crippen LogP contribution in [-0.4, -0.2) is 23.3 Å². The van der Waals surface area contributed by atoms with Crippen LogP contribution in [0.5, 0.6) is 0 Å². The zero-order valence-electron chi connectivity index (χ0n) is 12.6. The van der Waals surface area contributed by atoms with Crippen LogP contribution in [0.2, 0.25) is 0 Å². The van der Waals surface area contributed by atoms with Gasteiger partial charge in [-0.3, -0.25) is 5.10 Å². The molecule has 0 spiro atoms. The molecule has 2 aromatic rings. The highest BCUT2D eigenvalue weighted by Gasteiger charge is 2.18. The molecule has 3 heteroatoms. The predicted octanol–water partition coefficient (Wildman–Crippen LogP) is 3.47. The summed E-state index contributed by atoms with van der Waals surface area (Å²) in [7, 11) is 0. The number of aromatic amines is 1. The molecule has 0 bridgehead atoms. The molecule has 1 aliphatic heterocycles. The Morgan fingerprint density at radius 1 is 1.00 bits per heavy atom. The molecule has 1 saturated heterocycles. The molecule has 0 amide bonds. The lowest BCUT2D eigenvalue weighted by Gasteiger charge is -2.20. The zero-order chi connectivity index (χ0) is 14.1. The van der Waals surface area contributed by atoms with E-state index in [0.717, 1.165) is 18.8 Å². The molecule has 0 aliphatic carbocycles. The van der Waals surface area contributed by atoms with Crippen LogP contribution in [0, 0.1) is 20.8 Å². The third-order valence-electron chi connectivity index (χ3n) is 4.31. The molecule has 3 rings (SSSR count). The van der Waals surface area contributed by atoms with Gasteiger partial charge in [0.15, 0.2) is 0 Å². The van der Waals surface area contributed by atoms with Crippen LogP contribution in [0.15, 0.2) is 18.2 Å². The molecule has 20 heavy (non-hydrogen) atoms. The standard InChI is InChI=1S/C17H23N3/c1-11-8-12(2)17(13(3)9-11)16-10-15(19-20-16)14-4-6-18-7-5-14/h8-10,14,18H,4-7H2,1-3H3,(H,19,20). The van der Waals surface area contributed by atoms with Gasteiger partial charge in [-0.05, 0) is 63.9 Å². The molecule has 3 nitrogen and oxygen atoms in total. The van der Waals surface area contributed by atoms with Crippen molar-refractivity contribution in [1.82, 2.24) is 15.5 Å². The normalized spacial score (nSPS) is 16.6. The van der Waals surface area contributed by atoms with E-state index in [1.54, 1.807) is 0 Å². The van der Waals surface area contributed by atoms with Crippen LogP contribution < -0.4 is 5.32 Å². The van der Waals surface area contributed by atoms with Crippen LogP contribution in [0.1, 0.15) is 41.1 Å². The van der Waals surface area contributed by atoms with Gasteiger partial charge in [-0.1, -0.05) is 17.7 Å². The summed E-state index contributed by atoms with van der Waals surface area (Å²) in [6.45, 7) is 8.72. The lowest BCUT2D eigenvalue weighted by Crippen LogP contribution is -2.26. The maximum absolute atomic E-state index is 4.57. The third-order valence-corrected chi connectivity index (χ3v) is 4.31. The average Bonchev–Trinajstić information content (AvgIpc) is 2.88. The molecule has 0 radical (unpaired) electrons. The largest absolute Gasteiger partial charge is 0.317 e. The first-order valence-electron chi connectivity index (χ1n) is 7.49. The topological polar surface area (TPSA) is 40.7 Å². The third kappa shape index (κ3) is 2.50. The van der Waals surface area contributed by atoms with Crippen molar-refractivity contribution in [2.24, 2.45) is 0 Å². The summed E-state index contributed by atoms with van der Waals surface area (Å²) in [4.78, 5) is 0. The number of nitrogens with one attached hydrogen (secondary N) is 2. The van der Waals surface area contributed by atoms with E-state index in [0.29, 0.717) is 5.92 Å². The molecule has 1 aromatic heterocycles. The van der Waals surface area contributed by atoms with Crippen LogP contribution in [0.4, 0.5) is 0 Å². The van der Waals surface area contributed by atoms with Crippen molar-refractivity contribution in [3.63, 3.8) is 0 Å². The number of benzene rings is 1. The van der Waals surface area contributed by atoms with Gasteiger partial charge in [0.05, 0.1) is 5.69 Å². The van der Waals surface area contributed by atoms with Gasteiger partial charge in [-0.2, -0.15) is 5.10 Å². The van der Waals surface area contributed by atoms with Crippen molar-refractivity contribution in [1.29, 1.82) is 0 Å². The van der Waals surface area contributed by atoms with E-state index in [9.17, 15) is 0 Å². The number of piperidine rings is 1. The second-order valence-electron chi connectivity index (χ2n) is 6.01. The van der Waals surface area contributed by atoms with Crippen molar-refractivity contribution in [3.8, 4) is 11.3 Å². The quantitative estimate of drug-likeness (QED) is 0.876. The molecule has 0 unspecified atom stereocenters. The Morgan fingerprint density at radius 3 is 2.30 bits per heavy atom. The number of rotatable bonds is 2. The van der Waals surface area contributed by atoms with Gasteiger partial charge >= 0.3 is 0 Å². The fourth-order valence-electron chi connectivity index (χ4n) is 3.39. The summed E-state index contributed by atoms with van der Waals surface area (Å²) in [6, 6.07) is 6.73. The first-order valence-corrected chi connectivity index (χ1v) is 7.49. The average molecular weight is 269 g/mol. The van der Waals surface area contributed by atoms with E-state index in [1.165, 1.54) is 40.8 Å². The molecule has 0 atom stereocenters. The monoisotopic (exact) mass is 269 g/mol. The van der Waals surface area contributed by atoms with Crippen molar-refractivity contribution < 1.29 is 0 Å². The Hall–Kier alpha value is -1.61. The minimum atomic E-state index is 0.628. The van der Waals surface area contributed by atoms with Gasteiger partial charge in [0, 0.05) is 17.2 Å². The van der Waals surface area contributed by atoms with E-state index >= 15 is 0 Å². The van der Waals surface area contributed by atoms with Gasteiger partial charge in [0.2, 0.25) is 0 Å². The molecule has 106 valence electrons. The van der Waals surface area contributed by atoms with E-state index in [4.69, 9.17) is 0 Å². The van der Waals surface area contributed by atoms with Gasteiger partial charge < -0.3 is 5.32 Å². The summed E-state index contributed by atoms with van der Waals surface area (Å²) in [5.74, 6) is 0.628. The Morgan fingerprint density at radius 2 is 1.65 bits per heavy atom. The Balaban J connectivity index is 1.94. The summed E-state index contributed by atoms with van der Waals surface area (Å²) in [5.41, 5.74) is 7.61. The molecule has 1 aromatic carbocycles. The van der Waals surface area contributed by atoms with E-state index in [2.05, 4.69) is 54.5 Å². The Bertz CT molecular complexity index is 583. The Labute approximate surface area is 120 Å². The fraction of sp³-hybridized carbons (Fsp3) is 0.471. The van der Waals surface area contributed by atoms with Gasteiger partial charge in [-0.15, -0.1) is 0 Å². The second-order valence-corrected chi connectivity index (χ2v) is 6.01. The Kier molecular flexibility index (Phi) is 3.62. The van der Waals surface area contributed by atoms with Gasteiger partial charge in [0.1, 0.15) is 0 Å². The van der Waals surface area contributed by atoms with Crippen molar-refractivity contribution in [3.05, 3.63) is 40.6 Å². The predicted molar refractivity (Wildman–Crippen MR) is 83.1 cm³/mol. The summed E-state index contributed by atoms with van der Waals surface area (Å²) < 4.78 is 0. The lowest BCUT2D eigenvalue weighted by atomic mass is 9.93. The van der Waals surface area contributed by atoms with Crippen LogP contribution in [0.3, 0.4) is 0 Å². The van der Waals surface area contributed by atoms with Crippen LogP contribution in [0.25, 0.3) is 11.3 Å². The number of hydrogen-bond acceptors (Lipinski definition) is 2. The highest BCUT2D eigenvalue weighted by molar-refractivity contribution is 5.68. The summed E-state index contributed by atoms with van der Waals surface area (Å²) in [6.07, 6.45) is 2.40. The maximum Gasteiger partial charge on any atom is 0.0928 e. The van der Waals surface area contributed by atoms with Crippen LogP contribution in [-0.2, 0) is 0 Å². The van der Waals surface area contributed by atoms with Gasteiger partial charge in [0.25, 0.3) is 0 Å². The number of nitrogens with zero attached hydrogens (tertiary/aromatic N) is 1. The SMILES string of the molecule is Cc1cc(C)c(-c2cc(C3CCNCC3)[nH]n2)c(C)c1. The highest BCUT2D eigenvalue weighted by Crippen LogP contribution is 2.30. The highest BCUT2D eigenvalue weighted by atomic mass is 15.1. The lowest BCUT2D eigenvalue weighted by molar-refractivity contribution is 0.453. The first kappa shape index (κ1) is 13.4. The minimum Gasteiger partial charge on any atom is -0.317 e. The van der Waals surface area contributed by atoms with E-state index in [-0.39, 0.29) is 0 Å². The summed E-state index contributed by atoms with van der Waals surface area (Å²) >= 11 is 0. The van der Waals surface area contributed by atoms with E-state index in [1.807, 2.05) is 0 Å². The molecule has 2 N–H and O–H groups in total. The smallest absolute Gasteiger partial charge is 0.0928 e. The van der Waals surface area contributed by atoms with Crippen LogP contribution >= 0.6 is 0 Å². The van der Waals surface area contributed by atoms with Crippen molar-refractivity contribution in [2.75, 3.05) is 13.1 Å². The molecule has 2 heterocycles. The number of aromatic nitrogens is 2. The second kappa shape index (κ2) is 5.41. The maximum atomic E-state index is 4.57. The molecular weight excluding hydrogens is 246 g/mol. The minimum absolute atomic E-state index is 0.628. The first-order chi connectivity index (χ1) is 9.65. The van der Waals surface area contributed by atoms with E-state index < -0.39 is 0 Å². The number of aryl methyl sites for hydroxylation is 3. The fourth-order valence-corrected chi connectivity index (χ4v) is 3.39. The van der Waals surface area contributed by atoms with Crippen molar-refractivity contribution in [2.45, 2.75) is 39.5 Å². The van der Waals surface area contributed by atoms with Gasteiger partial charge in [-0.25, -0.2) is 0 Å². The molecule has 1 fully saturated rings. The van der Waals surface area contributed by atoms with Crippen molar-refractivity contribution >= 4 is 0 Å². The zero-order valence-corrected chi connectivity index (χ0v) is 12.6. The number of hydrogen-bond donors (Lipinski definition) is 2. The number of H-pyrrole nitrogens is 1. The molecule has 0 saturated carbocycles.